The summed E-state index contributed by atoms with van der Waals surface area (Å²) in [6.07, 6.45) is 1.91. The van der Waals surface area contributed by atoms with Gasteiger partial charge in [0.2, 0.25) is 0 Å². The molecular formula is C17H30IN3O3. The van der Waals surface area contributed by atoms with Gasteiger partial charge in [0.1, 0.15) is 0 Å². The Morgan fingerprint density at radius 1 is 1.08 bits per heavy atom. The third-order valence-electron chi connectivity index (χ3n) is 3.28. The number of halogens is 1. The molecule has 0 aromatic heterocycles. The summed E-state index contributed by atoms with van der Waals surface area (Å²) < 4.78 is 15.6. The number of nitrogens with one attached hydrogen (secondary N) is 2. The van der Waals surface area contributed by atoms with E-state index in [0.717, 1.165) is 49.9 Å². The maximum absolute atomic E-state index is 5.32. The van der Waals surface area contributed by atoms with Crippen molar-refractivity contribution >= 4 is 29.9 Å². The van der Waals surface area contributed by atoms with Gasteiger partial charge in [-0.15, -0.1) is 24.0 Å². The summed E-state index contributed by atoms with van der Waals surface area (Å²) in [5, 5.41) is 6.45. The van der Waals surface area contributed by atoms with Crippen LogP contribution < -0.4 is 20.1 Å². The minimum atomic E-state index is 0. The molecule has 2 N–H and O–H groups in total. The van der Waals surface area contributed by atoms with E-state index in [-0.39, 0.29) is 24.0 Å². The van der Waals surface area contributed by atoms with Gasteiger partial charge in [-0.2, -0.15) is 0 Å². The minimum absolute atomic E-state index is 0. The lowest BCUT2D eigenvalue weighted by molar-refractivity contribution is 0.203. The van der Waals surface area contributed by atoms with Gasteiger partial charge in [0.05, 0.1) is 20.8 Å². The molecule has 1 aromatic rings. The zero-order valence-corrected chi connectivity index (χ0v) is 17.4. The molecule has 0 aliphatic heterocycles. The summed E-state index contributed by atoms with van der Waals surface area (Å²) in [6, 6.07) is 6.02. The van der Waals surface area contributed by atoms with Crippen molar-refractivity contribution in [3.05, 3.63) is 23.8 Å². The first-order valence-corrected chi connectivity index (χ1v) is 7.97. The smallest absolute Gasteiger partial charge is 0.191 e. The number of hydrogen-bond acceptors (Lipinski definition) is 4. The Hall–Kier alpha value is -1.22. The van der Waals surface area contributed by atoms with Crippen LogP contribution in [0.2, 0.25) is 0 Å². The molecule has 0 heterocycles. The third-order valence-corrected chi connectivity index (χ3v) is 3.28. The molecule has 1 rings (SSSR count). The van der Waals surface area contributed by atoms with Gasteiger partial charge in [-0.3, -0.25) is 4.99 Å². The highest BCUT2D eigenvalue weighted by Crippen LogP contribution is 2.27. The van der Waals surface area contributed by atoms with Crippen LogP contribution in [0.3, 0.4) is 0 Å². The van der Waals surface area contributed by atoms with Gasteiger partial charge in [0.15, 0.2) is 17.5 Å². The third kappa shape index (κ3) is 8.58. The molecule has 0 radical (unpaired) electrons. The average molecular weight is 451 g/mol. The summed E-state index contributed by atoms with van der Waals surface area (Å²) in [5.74, 6) is 2.35. The van der Waals surface area contributed by atoms with Crippen LogP contribution in [0.25, 0.3) is 0 Å². The SMILES string of the molecule is CCNC(=NCCCc1ccc(OC)c(OC)c1)NCCOC.I. The summed E-state index contributed by atoms with van der Waals surface area (Å²) in [5.41, 5.74) is 1.22. The van der Waals surface area contributed by atoms with Crippen molar-refractivity contribution in [1.29, 1.82) is 0 Å². The van der Waals surface area contributed by atoms with Crippen LogP contribution >= 0.6 is 24.0 Å². The first-order valence-electron chi connectivity index (χ1n) is 7.97. The number of rotatable bonds is 10. The maximum atomic E-state index is 5.32. The predicted octanol–water partition coefficient (Wildman–Crippen LogP) is 2.46. The van der Waals surface area contributed by atoms with E-state index in [2.05, 4.69) is 28.6 Å². The van der Waals surface area contributed by atoms with Crippen LogP contribution in [0.5, 0.6) is 11.5 Å². The van der Waals surface area contributed by atoms with Crippen molar-refractivity contribution < 1.29 is 14.2 Å². The number of guanidine groups is 1. The van der Waals surface area contributed by atoms with Crippen molar-refractivity contribution in [2.45, 2.75) is 19.8 Å². The Balaban J connectivity index is 0.00000529. The largest absolute Gasteiger partial charge is 0.493 e. The van der Waals surface area contributed by atoms with Crippen LogP contribution in [0.15, 0.2) is 23.2 Å². The fraction of sp³-hybridized carbons (Fsp3) is 0.588. The van der Waals surface area contributed by atoms with E-state index in [9.17, 15) is 0 Å². The average Bonchev–Trinajstić information content (AvgIpc) is 2.58. The van der Waals surface area contributed by atoms with Crippen LogP contribution in [0, 0.1) is 0 Å². The van der Waals surface area contributed by atoms with Crippen molar-refractivity contribution in [1.82, 2.24) is 10.6 Å². The van der Waals surface area contributed by atoms with Gasteiger partial charge in [-0.1, -0.05) is 6.07 Å². The summed E-state index contributed by atoms with van der Waals surface area (Å²) >= 11 is 0. The zero-order valence-electron chi connectivity index (χ0n) is 15.1. The van der Waals surface area contributed by atoms with E-state index < -0.39 is 0 Å². The van der Waals surface area contributed by atoms with Gasteiger partial charge in [0.25, 0.3) is 0 Å². The molecule has 0 unspecified atom stereocenters. The molecule has 138 valence electrons. The monoisotopic (exact) mass is 451 g/mol. The molecule has 0 spiro atoms. The number of ether oxygens (including phenoxy) is 3. The van der Waals surface area contributed by atoms with Crippen LogP contribution in [0.4, 0.5) is 0 Å². The Bertz CT molecular complexity index is 484. The normalized spacial score (nSPS) is 10.8. The van der Waals surface area contributed by atoms with E-state index in [1.54, 1.807) is 21.3 Å². The molecule has 0 fully saturated rings. The lowest BCUT2D eigenvalue weighted by Gasteiger charge is -2.11. The molecule has 0 amide bonds. The fourth-order valence-electron chi connectivity index (χ4n) is 2.12. The van der Waals surface area contributed by atoms with E-state index in [0.29, 0.717) is 6.61 Å². The van der Waals surface area contributed by atoms with Gasteiger partial charge in [-0.05, 0) is 37.5 Å². The highest BCUT2D eigenvalue weighted by molar-refractivity contribution is 14.0. The second-order valence-corrected chi connectivity index (χ2v) is 4.97. The lowest BCUT2D eigenvalue weighted by Crippen LogP contribution is -2.39. The highest BCUT2D eigenvalue weighted by Gasteiger charge is 2.04. The molecule has 0 saturated carbocycles. The van der Waals surface area contributed by atoms with Gasteiger partial charge in [-0.25, -0.2) is 0 Å². The number of aryl methyl sites for hydroxylation is 1. The highest BCUT2D eigenvalue weighted by atomic mass is 127. The Morgan fingerprint density at radius 3 is 2.46 bits per heavy atom. The standard InChI is InChI=1S/C17H29N3O3.HI/c1-5-18-17(20-11-12-21-2)19-10-6-7-14-8-9-15(22-3)16(13-14)23-4;/h8-9,13H,5-7,10-12H2,1-4H3,(H2,18,19,20);1H. The number of aliphatic imine (C=N–C) groups is 1. The number of methoxy groups -OCH3 is 3. The Kier molecular flexibility index (Phi) is 13.4. The van der Waals surface area contributed by atoms with Gasteiger partial charge >= 0.3 is 0 Å². The maximum Gasteiger partial charge on any atom is 0.191 e. The van der Waals surface area contributed by atoms with Crippen LogP contribution in [-0.2, 0) is 11.2 Å². The van der Waals surface area contributed by atoms with Crippen molar-refractivity contribution in [2.24, 2.45) is 4.99 Å². The van der Waals surface area contributed by atoms with Crippen molar-refractivity contribution in [3.63, 3.8) is 0 Å². The summed E-state index contributed by atoms with van der Waals surface area (Å²) in [7, 11) is 4.99. The molecule has 0 aliphatic carbocycles. The van der Waals surface area contributed by atoms with E-state index >= 15 is 0 Å². The topological polar surface area (TPSA) is 64.1 Å². The van der Waals surface area contributed by atoms with Crippen LogP contribution in [-0.4, -0.2) is 53.5 Å². The lowest BCUT2D eigenvalue weighted by atomic mass is 10.1. The second-order valence-electron chi connectivity index (χ2n) is 4.97. The molecular weight excluding hydrogens is 421 g/mol. The molecule has 0 aliphatic rings. The van der Waals surface area contributed by atoms with E-state index in [1.807, 2.05) is 12.1 Å². The second kappa shape index (κ2) is 14.2. The van der Waals surface area contributed by atoms with Crippen molar-refractivity contribution in [3.8, 4) is 11.5 Å². The summed E-state index contributed by atoms with van der Waals surface area (Å²) in [4.78, 5) is 4.56. The molecule has 0 saturated heterocycles. The molecule has 7 heteroatoms. The first-order chi connectivity index (χ1) is 11.2. The van der Waals surface area contributed by atoms with E-state index in [1.165, 1.54) is 5.56 Å². The van der Waals surface area contributed by atoms with Crippen LogP contribution in [0.1, 0.15) is 18.9 Å². The van der Waals surface area contributed by atoms with Crippen molar-refractivity contribution in [2.75, 3.05) is 47.6 Å². The molecule has 0 bridgehead atoms. The predicted molar refractivity (Wildman–Crippen MR) is 109 cm³/mol. The zero-order chi connectivity index (χ0) is 16.9. The first kappa shape index (κ1) is 22.8. The van der Waals surface area contributed by atoms with E-state index in [4.69, 9.17) is 14.2 Å². The Morgan fingerprint density at radius 2 is 1.83 bits per heavy atom. The van der Waals surface area contributed by atoms with Gasteiger partial charge < -0.3 is 24.8 Å². The Labute approximate surface area is 162 Å². The molecule has 1 aromatic carbocycles. The molecule has 0 atom stereocenters. The molecule has 6 nitrogen and oxygen atoms in total. The molecule has 24 heavy (non-hydrogen) atoms. The van der Waals surface area contributed by atoms with Gasteiger partial charge in [0, 0.05) is 26.7 Å². The minimum Gasteiger partial charge on any atom is -0.493 e. The number of benzene rings is 1. The number of hydrogen-bond donors (Lipinski definition) is 2. The fourth-order valence-corrected chi connectivity index (χ4v) is 2.12. The number of nitrogens with zero attached hydrogens (tertiary/aromatic N) is 1. The quantitative estimate of drug-likeness (QED) is 0.248. The summed E-state index contributed by atoms with van der Waals surface area (Å²) in [6.45, 7) is 5.07.